The third-order valence-electron chi connectivity index (χ3n) is 3.00. The van der Waals surface area contributed by atoms with Crippen molar-refractivity contribution in [3.8, 4) is 0 Å². The average Bonchev–Trinajstić information content (AvgIpc) is 3.25. The largest absolute Gasteiger partial charge is 0.336 e. The van der Waals surface area contributed by atoms with Gasteiger partial charge in [-0.15, -0.1) is 46.2 Å². The number of aromatic nitrogens is 2. The Morgan fingerprint density at radius 1 is 1.00 bits per heavy atom. The molecule has 0 aliphatic carbocycles. The van der Waals surface area contributed by atoms with Crippen molar-refractivity contribution in [1.82, 2.24) is 9.55 Å². The molecule has 122 valence electrons. The van der Waals surface area contributed by atoms with Crippen LogP contribution >= 0.6 is 69.4 Å². The Balaban J connectivity index is 1.58. The normalized spacial score (nSPS) is 11.4. The smallest absolute Gasteiger partial charge is 0.0946 e. The van der Waals surface area contributed by atoms with E-state index in [9.17, 15) is 0 Å². The van der Waals surface area contributed by atoms with E-state index in [1.165, 1.54) is 9.75 Å². The molecule has 0 aliphatic heterocycles. The Labute approximate surface area is 162 Å². The van der Waals surface area contributed by atoms with Gasteiger partial charge in [-0.1, -0.05) is 23.2 Å². The van der Waals surface area contributed by atoms with Crippen LogP contribution < -0.4 is 0 Å². The zero-order valence-corrected chi connectivity index (χ0v) is 16.8. The summed E-state index contributed by atoms with van der Waals surface area (Å²) in [5, 5.41) is 0. The molecule has 23 heavy (non-hydrogen) atoms. The number of thiophene rings is 2. The van der Waals surface area contributed by atoms with Crippen LogP contribution in [0.2, 0.25) is 8.67 Å². The summed E-state index contributed by atoms with van der Waals surface area (Å²) in [4.78, 5) is 6.76. The van der Waals surface area contributed by atoms with E-state index in [4.69, 9.17) is 23.2 Å². The van der Waals surface area contributed by atoms with Crippen molar-refractivity contribution in [3.63, 3.8) is 0 Å². The van der Waals surface area contributed by atoms with E-state index in [1.54, 1.807) is 22.7 Å². The third kappa shape index (κ3) is 5.73. The first-order valence-corrected chi connectivity index (χ1v) is 11.3. The minimum Gasteiger partial charge on any atom is -0.336 e. The maximum absolute atomic E-state index is 6.01. The molecule has 0 amide bonds. The van der Waals surface area contributed by atoms with E-state index in [2.05, 4.69) is 21.7 Å². The van der Waals surface area contributed by atoms with Crippen LogP contribution in [0, 0.1) is 0 Å². The van der Waals surface area contributed by atoms with Gasteiger partial charge in [0.2, 0.25) is 0 Å². The van der Waals surface area contributed by atoms with Crippen LogP contribution in [0.4, 0.5) is 0 Å². The maximum atomic E-state index is 6.01. The van der Waals surface area contributed by atoms with Crippen molar-refractivity contribution in [2.45, 2.75) is 22.6 Å². The molecule has 0 fully saturated rings. The van der Waals surface area contributed by atoms with Crippen molar-refractivity contribution in [3.05, 3.63) is 61.4 Å². The molecule has 0 aliphatic rings. The maximum Gasteiger partial charge on any atom is 0.0946 e. The quantitative estimate of drug-likeness (QED) is 0.386. The highest BCUT2D eigenvalue weighted by Crippen LogP contribution is 2.35. The van der Waals surface area contributed by atoms with E-state index < -0.39 is 0 Å². The number of hydrogen-bond donors (Lipinski definition) is 0. The van der Waals surface area contributed by atoms with Gasteiger partial charge in [0.05, 0.1) is 19.6 Å². The van der Waals surface area contributed by atoms with Crippen LogP contribution in [-0.2, 0) is 18.1 Å². The van der Waals surface area contributed by atoms with Crippen LogP contribution in [0.15, 0.2) is 43.0 Å². The Bertz CT molecular complexity index is 679. The molecular weight excluding hydrogens is 407 g/mol. The van der Waals surface area contributed by atoms with Crippen LogP contribution in [0.3, 0.4) is 0 Å². The first-order chi connectivity index (χ1) is 11.2. The molecule has 0 bridgehead atoms. The van der Waals surface area contributed by atoms with Gasteiger partial charge in [0, 0.05) is 40.2 Å². The molecule has 0 saturated carbocycles. The van der Waals surface area contributed by atoms with E-state index in [0.717, 1.165) is 26.7 Å². The zero-order valence-electron chi connectivity index (χ0n) is 12.0. The first-order valence-electron chi connectivity index (χ1n) is 6.86. The fourth-order valence-electron chi connectivity index (χ4n) is 1.93. The molecule has 8 heteroatoms. The third-order valence-corrected chi connectivity index (χ3v) is 8.64. The van der Waals surface area contributed by atoms with Crippen molar-refractivity contribution >= 4 is 69.4 Å². The van der Waals surface area contributed by atoms with Gasteiger partial charge in [0.1, 0.15) is 0 Å². The van der Waals surface area contributed by atoms with Crippen LogP contribution in [0.25, 0.3) is 0 Å². The molecule has 0 unspecified atom stereocenters. The summed E-state index contributed by atoms with van der Waals surface area (Å²) >= 11 is 19.2. The molecule has 3 aromatic heterocycles. The Kier molecular flexibility index (Phi) is 6.80. The number of rotatable bonds is 8. The number of nitrogens with zero attached hydrogens (tertiary/aromatic N) is 2. The molecule has 3 aromatic rings. The van der Waals surface area contributed by atoms with Gasteiger partial charge in [0.15, 0.2) is 0 Å². The van der Waals surface area contributed by atoms with E-state index in [0.29, 0.717) is 4.58 Å². The topological polar surface area (TPSA) is 17.8 Å². The summed E-state index contributed by atoms with van der Waals surface area (Å²) < 4.78 is 4.29. The molecule has 0 N–H and O–H groups in total. The summed E-state index contributed by atoms with van der Waals surface area (Å²) in [6, 6.07) is 8.15. The second kappa shape index (κ2) is 8.83. The standard InChI is InChI=1S/C15H14Cl2N2S4/c16-13-3-1-11(22-13)8-20-15(7-19-6-5-18-10-19)21-9-12-2-4-14(17)23-12/h1-6,10,15H,7-9H2. The van der Waals surface area contributed by atoms with E-state index in [-0.39, 0.29) is 0 Å². The van der Waals surface area contributed by atoms with Gasteiger partial charge in [-0.05, 0) is 24.3 Å². The zero-order chi connectivity index (χ0) is 16.1. The minimum atomic E-state index is 0.450. The molecule has 0 spiro atoms. The molecule has 2 nitrogen and oxygen atoms in total. The summed E-state index contributed by atoms with van der Waals surface area (Å²) in [5.74, 6) is 1.96. The van der Waals surface area contributed by atoms with Crippen molar-refractivity contribution in [2.24, 2.45) is 0 Å². The second-order valence-corrected chi connectivity index (χ2v) is 11.0. The summed E-state index contributed by atoms with van der Waals surface area (Å²) in [6.45, 7) is 0.938. The van der Waals surface area contributed by atoms with Gasteiger partial charge >= 0.3 is 0 Å². The summed E-state index contributed by atoms with van der Waals surface area (Å²) in [7, 11) is 0. The number of imidazole rings is 1. The number of thioether (sulfide) groups is 2. The lowest BCUT2D eigenvalue weighted by atomic mass is 10.5. The fourth-order valence-corrected chi connectivity index (χ4v) is 6.82. The summed E-state index contributed by atoms with van der Waals surface area (Å²) in [6.07, 6.45) is 5.71. The molecule has 3 rings (SSSR count). The van der Waals surface area contributed by atoms with Gasteiger partial charge in [0.25, 0.3) is 0 Å². The Morgan fingerprint density at radius 2 is 1.61 bits per heavy atom. The molecule has 0 atom stereocenters. The minimum absolute atomic E-state index is 0.450. The van der Waals surface area contributed by atoms with Crippen molar-refractivity contribution < 1.29 is 0 Å². The fraction of sp³-hybridized carbons (Fsp3) is 0.267. The van der Waals surface area contributed by atoms with Crippen molar-refractivity contribution in [1.29, 1.82) is 0 Å². The van der Waals surface area contributed by atoms with Gasteiger partial charge < -0.3 is 4.57 Å². The molecule has 0 radical (unpaired) electrons. The lowest BCUT2D eigenvalue weighted by Crippen LogP contribution is -2.08. The lowest BCUT2D eigenvalue weighted by Gasteiger charge is -2.16. The first kappa shape index (κ1) is 17.7. The van der Waals surface area contributed by atoms with Crippen LogP contribution in [0.1, 0.15) is 9.75 Å². The lowest BCUT2D eigenvalue weighted by molar-refractivity contribution is 0.750. The number of halogens is 2. The van der Waals surface area contributed by atoms with Crippen LogP contribution in [-0.4, -0.2) is 14.1 Å². The highest BCUT2D eigenvalue weighted by molar-refractivity contribution is 8.16. The van der Waals surface area contributed by atoms with Gasteiger partial charge in [-0.3, -0.25) is 0 Å². The number of hydrogen-bond acceptors (Lipinski definition) is 5. The molecule has 0 saturated heterocycles. The second-order valence-electron chi connectivity index (χ2n) is 4.72. The van der Waals surface area contributed by atoms with E-state index >= 15 is 0 Å². The predicted octanol–water partition coefficient (Wildman–Crippen LogP) is 6.51. The molecular formula is C15H14Cl2N2S4. The highest BCUT2D eigenvalue weighted by Gasteiger charge is 2.13. The van der Waals surface area contributed by atoms with Gasteiger partial charge in [-0.25, -0.2) is 4.98 Å². The highest BCUT2D eigenvalue weighted by atomic mass is 35.5. The van der Waals surface area contributed by atoms with Crippen LogP contribution in [0.5, 0.6) is 0 Å². The monoisotopic (exact) mass is 420 g/mol. The average molecular weight is 421 g/mol. The van der Waals surface area contributed by atoms with Gasteiger partial charge in [-0.2, -0.15) is 0 Å². The molecule has 3 heterocycles. The Morgan fingerprint density at radius 3 is 2.04 bits per heavy atom. The predicted molar refractivity (Wildman–Crippen MR) is 107 cm³/mol. The Hall–Kier alpha value is -0.110. The SMILES string of the molecule is Clc1ccc(CSC(Cn2ccnc2)SCc2ccc(Cl)s2)s1. The van der Waals surface area contributed by atoms with Crippen molar-refractivity contribution in [2.75, 3.05) is 0 Å². The summed E-state index contributed by atoms with van der Waals surface area (Å²) in [5.41, 5.74) is 0. The molecule has 0 aromatic carbocycles. The van der Waals surface area contributed by atoms with E-state index in [1.807, 2.05) is 54.4 Å².